The molecule has 18 heavy (non-hydrogen) atoms. The molecule has 1 heterocycles. The number of hydrogen-bond donors (Lipinski definition) is 2. The average Bonchev–Trinajstić information content (AvgIpc) is 2.59. The molecule has 0 fully saturated rings. The fourth-order valence-electron chi connectivity index (χ4n) is 1.08. The lowest BCUT2D eigenvalue weighted by molar-refractivity contribution is -0.0435. The summed E-state index contributed by atoms with van der Waals surface area (Å²) >= 11 is 0. The van der Waals surface area contributed by atoms with E-state index >= 15 is 0 Å². The van der Waals surface area contributed by atoms with Gasteiger partial charge >= 0.3 is 11.5 Å². The van der Waals surface area contributed by atoms with Gasteiger partial charge in [-0.05, 0) is 6.92 Å². The van der Waals surface area contributed by atoms with Crippen molar-refractivity contribution in [2.75, 3.05) is 12.3 Å². The number of nitrogens with two attached hydrogens (primary N) is 1. The Balaban J connectivity index is 3.43. The van der Waals surface area contributed by atoms with E-state index in [2.05, 4.69) is 9.84 Å². The molecule has 0 aliphatic heterocycles. The lowest BCUT2D eigenvalue weighted by atomic mass is 10.4. The normalized spacial score (nSPS) is 12.4. The predicted molar refractivity (Wildman–Crippen MR) is 52.2 cm³/mol. The highest BCUT2D eigenvalue weighted by molar-refractivity contribution is 7.92. The highest BCUT2D eigenvalue weighted by Crippen LogP contribution is 2.34. The highest BCUT2D eigenvalue weighted by atomic mass is 32.2. The summed E-state index contributed by atoms with van der Waals surface area (Å²) in [5.41, 5.74) is -1.51. The van der Waals surface area contributed by atoms with Gasteiger partial charge in [-0.15, -0.1) is 0 Å². The molecule has 0 amide bonds. The number of nitrogen functional groups attached to an aromatic ring is 1. The number of esters is 1. The van der Waals surface area contributed by atoms with Crippen LogP contribution < -0.4 is 5.73 Å². The zero-order valence-corrected chi connectivity index (χ0v) is 9.72. The number of aromatic amines is 1. The zero-order valence-electron chi connectivity index (χ0n) is 8.91. The third-order valence-electron chi connectivity index (χ3n) is 1.80. The van der Waals surface area contributed by atoms with Crippen molar-refractivity contribution in [2.24, 2.45) is 0 Å². The Bertz CT molecular complexity index is 563. The van der Waals surface area contributed by atoms with Gasteiger partial charge in [0, 0.05) is 0 Å². The summed E-state index contributed by atoms with van der Waals surface area (Å²) in [6, 6.07) is 0. The van der Waals surface area contributed by atoms with Gasteiger partial charge in [-0.1, -0.05) is 0 Å². The average molecular weight is 287 g/mol. The highest BCUT2D eigenvalue weighted by Gasteiger charge is 2.51. The van der Waals surface area contributed by atoms with E-state index in [0.29, 0.717) is 0 Å². The molecule has 102 valence electrons. The molecule has 0 unspecified atom stereocenters. The first kappa shape index (κ1) is 14.3. The van der Waals surface area contributed by atoms with Gasteiger partial charge in [-0.3, -0.25) is 5.10 Å². The molecule has 0 bridgehead atoms. The summed E-state index contributed by atoms with van der Waals surface area (Å²) in [6.07, 6.45) is 0. The van der Waals surface area contributed by atoms with Crippen LogP contribution in [0.3, 0.4) is 0 Å². The van der Waals surface area contributed by atoms with E-state index in [9.17, 15) is 26.4 Å². The predicted octanol–water partition coefficient (Wildman–Crippen LogP) is 0.462. The Labute approximate surface area is 99.0 Å². The number of halogens is 3. The van der Waals surface area contributed by atoms with E-state index < -0.39 is 37.7 Å². The first-order valence-corrected chi connectivity index (χ1v) is 5.93. The first-order chi connectivity index (χ1) is 8.13. The molecule has 0 spiro atoms. The van der Waals surface area contributed by atoms with Gasteiger partial charge in [0.2, 0.25) is 0 Å². The number of carbonyl (C=O) groups is 1. The number of H-pyrrole nitrogens is 1. The van der Waals surface area contributed by atoms with E-state index in [-0.39, 0.29) is 6.61 Å². The van der Waals surface area contributed by atoms with Gasteiger partial charge in [-0.2, -0.15) is 18.3 Å². The minimum Gasteiger partial charge on any atom is -0.461 e. The lowest BCUT2D eigenvalue weighted by Gasteiger charge is -2.08. The fourth-order valence-corrected chi connectivity index (χ4v) is 2.03. The van der Waals surface area contributed by atoms with Crippen LogP contribution in [0.2, 0.25) is 0 Å². The Morgan fingerprint density at radius 2 is 2.06 bits per heavy atom. The van der Waals surface area contributed by atoms with E-state index in [1.807, 2.05) is 5.10 Å². The van der Waals surface area contributed by atoms with Gasteiger partial charge in [0.05, 0.1) is 6.61 Å². The summed E-state index contributed by atoms with van der Waals surface area (Å²) in [6.45, 7) is 1.25. The number of nitrogens with zero attached hydrogens (tertiary/aromatic N) is 1. The van der Waals surface area contributed by atoms with Crippen molar-refractivity contribution in [1.82, 2.24) is 10.2 Å². The van der Waals surface area contributed by atoms with E-state index in [4.69, 9.17) is 5.73 Å². The van der Waals surface area contributed by atoms with Gasteiger partial charge < -0.3 is 10.5 Å². The number of anilines is 1. The van der Waals surface area contributed by atoms with Crippen molar-refractivity contribution in [3.05, 3.63) is 5.69 Å². The Morgan fingerprint density at radius 3 is 2.50 bits per heavy atom. The molecule has 11 heteroatoms. The second kappa shape index (κ2) is 4.48. The van der Waals surface area contributed by atoms with Crippen molar-refractivity contribution in [2.45, 2.75) is 17.3 Å². The minimum atomic E-state index is -5.78. The third-order valence-corrected chi connectivity index (χ3v) is 3.36. The molecule has 0 atom stereocenters. The maximum absolute atomic E-state index is 12.4. The molecule has 0 aromatic carbocycles. The fraction of sp³-hybridized carbons (Fsp3) is 0.429. The SMILES string of the molecule is CCOC(=O)c1[nH]nc(N)c1S(=O)(=O)C(F)(F)F. The van der Waals surface area contributed by atoms with Crippen LogP contribution in [-0.4, -0.2) is 36.7 Å². The molecular weight excluding hydrogens is 279 g/mol. The van der Waals surface area contributed by atoms with E-state index in [1.54, 1.807) is 0 Å². The summed E-state index contributed by atoms with van der Waals surface area (Å²) in [5, 5.41) is 4.88. The number of aromatic nitrogens is 2. The van der Waals surface area contributed by atoms with Gasteiger partial charge in [0.1, 0.15) is 0 Å². The van der Waals surface area contributed by atoms with E-state index in [1.165, 1.54) is 6.92 Å². The summed E-state index contributed by atoms with van der Waals surface area (Å²) < 4.78 is 63.9. The number of nitrogens with one attached hydrogen (secondary N) is 1. The summed E-state index contributed by atoms with van der Waals surface area (Å²) in [7, 11) is -5.78. The van der Waals surface area contributed by atoms with Crippen LogP contribution in [0.4, 0.5) is 19.0 Å². The minimum absolute atomic E-state index is 0.150. The van der Waals surface area contributed by atoms with Crippen LogP contribution in [0.1, 0.15) is 17.4 Å². The van der Waals surface area contributed by atoms with Gasteiger partial charge in [0.15, 0.2) is 16.4 Å². The molecule has 0 aliphatic carbocycles. The monoisotopic (exact) mass is 287 g/mol. The van der Waals surface area contributed by atoms with Gasteiger partial charge in [-0.25, -0.2) is 13.2 Å². The maximum Gasteiger partial charge on any atom is 0.502 e. The summed E-state index contributed by atoms with van der Waals surface area (Å²) in [5.74, 6) is -2.24. The Hall–Kier alpha value is -1.78. The van der Waals surface area contributed by atoms with Crippen molar-refractivity contribution in [3.8, 4) is 0 Å². The quantitative estimate of drug-likeness (QED) is 0.780. The Morgan fingerprint density at radius 1 is 1.50 bits per heavy atom. The standard InChI is InChI=1S/C7H8F3N3O4S/c1-2-17-6(14)3-4(5(11)13-12-3)18(15,16)7(8,9)10/h2H2,1H3,(H3,11,12,13). The molecule has 1 aromatic heterocycles. The van der Waals surface area contributed by atoms with Crippen LogP contribution in [0.15, 0.2) is 4.90 Å². The molecular formula is C7H8F3N3O4S. The molecule has 0 saturated carbocycles. The molecule has 7 nitrogen and oxygen atoms in total. The van der Waals surface area contributed by atoms with Crippen molar-refractivity contribution in [1.29, 1.82) is 0 Å². The largest absolute Gasteiger partial charge is 0.502 e. The van der Waals surface area contributed by atoms with Crippen molar-refractivity contribution in [3.63, 3.8) is 0 Å². The molecule has 1 aromatic rings. The molecule has 0 saturated heterocycles. The van der Waals surface area contributed by atoms with Gasteiger partial charge in [0.25, 0.3) is 9.84 Å². The number of hydrogen-bond acceptors (Lipinski definition) is 6. The zero-order chi connectivity index (χ0) is 14.1. The number of sulfone groups is 1. The number of rotatable bonds is 3. The molecule has 1 rings (SSSR count). The molecule has 0 radical (unpaired) electrons. The van der Waals surface area contributed by atoms with Crippen LogP contribution in [0.5, 0.6) is 0 Å². The maximum atomic E-state index is 12.4. The van der Waals surface area contributed by atoms with Crippen molar-refractivity contribution >= 4 is 21.6 Å². The smallest absolute Gasteiger partial charge is 0.461 e. The summed E-state index contributed by atoms with van der Waals surface area (Å²) in [4.78, 5) is 9.85. The van der Waals surface area contributed by atoms with Crippen LogP contribution in [-0.2, 0) is 14.6 Å². The lowest BCUT2D eigenvalue weighted by Crippen LogP contribution is -2.26. The topological polar surface area (TPSA) is 115 Å². The Kier molecular flexibility index (Phi) is 3.55. The first-order valence-electron chi connectivity index (χ1n) is 4.45. The number of carbonyl (C=O) groups excluding carboxylic acids is 1. The van der Waals surface area contributed by atoms with Crippen molar-refractivity contribution < 1.29 is 31.1 Å². The van der Waals surface area contributed by atoms with Crippen LogP contribution in [0, 0.1) is 0 Å². The van der Waals surface area contributed by atoms with E-state index in [0.717, 1.165) is 0 Å². The second-order valence-electron chi connectivity index (χ2n) is 2.98. The third kappa shape index (κ3) is 2.25. The number of ether oxygens (including phenoxy) is 1. The second-order valence-corrected chi connectivity index (χ2v) is 4.86. The van der Waals surface area contributed by atoms with Crippen LogP contribution >= 0.6 is 0 Å². The van der Waals surface area contributed by atoms with Crippen LogP contribution in [0.25, 0.3) is 0 Å². The number of alkyl halides is 3. The molecule has 3 N–H and O–H groups in total. The molecule has 0 aliphatic rings.